The Morgan fingerprint density at radius 3 is 2.54 bits per heavy atom. The molecule has 1 saturated heterocycles. The summed E-state index contributed by atoms with van der Waals surface area (Å²) < 4.78 is 5.16. The van der Waals surface area contributed by atoms with Crippen molar-refractivity contribution in [3.05, 3.63) is 59.5 Å². The fraction of sp³-hybridized carbons (Fsp3) is 0.455. The fourth-order valence-corrected chi connectivity index (χ4v) is 4.20. The van der Waals surface area contributed by atoms with Gasteiger partial charge in [-0.2, -0.15) is 0 Å². The smallest absolute Gasteiger partial charge is 0.278 e. The van der Waals surface area contributed by atoms with Crippen LogP contribution in [-0.4, -0.2) is 61.8 Å². The molecule has 2 aromatic rings. The third-order valence-electron chi connectivity index (χ3n) is 5.88. The Morgan fingerprint density at radius 2 is 1.89 bits per heavy atom. The number of rotatable bonds is 5. The van der Waals surface area contributed by atoms with Crippen molar-refractivity contribution in [3.8, 4) is 0 Å². The lowest BCUT2D eigenvalue weighted by atomic mass is 9.99. The number of benzene rings is 1. The SMILES string of the molecule is Cc1cc(C[NH+]2CC[NH+](CC(=O)N3CC=C(c4ccccc4)CC3)CC2)no1. The lowest BCUT2D eigenvalue weighted by Crippen LogP contribution is -3.28. The monoisotopic (exact) mass is 382 g/mol. The number of aromatic nitrogens is 1. The highest BCUT2D eigenvalue weighted by atomic mass is 16.5. The van der Waals surface area contributed by atoms with Gasteiger partial charge in [0.2, 0.25) is 0 Å². The molecular formula is C22H30N4O2+2. The van der Waals surface area contributed by atoms with Gasteiger partial charge in [0.05, 0.1) is 0 Å². The third-order valence-corrected chi connectivity index (χ3v) is 5.88. The second-order valence-electron chi connectivity index (χ2n) is 7.97. The summed E-state index contributed by atoms with van der Waals surface area (Å²) in [6, 6.07) is 12.5. The van der Waals surface area contributed by atoms with Gasteiger partial charge in [0.25, 0.3) is 5.91 Å². The van der Waals surface area contributed by atoms with Crippen LogP contribution >= 0.6 is 0 Å². The van der Waals surface area contributed by atoms with Crippen LogP contribution < -0.4 is 9.80 Å². The second kappa shape index (κ2) is 8.71. The molecule has 148 valence electrons. The van der Waals surface area contributed by atoms with Gasteiger partial charge in [0, 0.05) is 19.2 Å². The average Bonchev–Trinajstić information content (AvgIpc) is 3.15. The molecule has 1 fully saturated rings. The number of nitrogens with one attached hydrogen (secondary N) is 2. The highest BCUT2D eigenvalue weighted by Gasteiger charge is 2.28. The molecule has 4 rings (SSSR count). The minimum atomic E-state index is 0.286. The molecule has 0 spiro atoms. The Morgan fingerprint density at radius 1 is 1.14 bits per heavy atom. The van der Waals surface area contributed by atoms with Gasteiger partial charge >= 0.3 is 0 Å². The predicted molar refractivity (Wildman–Crippen MR) is 107 cm³/mol. The van der Waals surface area contributed by atoms with Gasteiger partial charge < -0.3 is 19.2 Å². The van der Waals surface area contributed by atoms with Gasteiger partial charge in [0.15, 0.2) is 6.54 Å². The number of quaternary nitrogens is 2. The summed E-state index contributed by atoms with van der Waals surface area (Å²) in [4.78, 5) is 17.7. The quantitative estimate of drug-likeness (QED) is 0.739. The van der Waals surface area contributed by atoms with E-state index in [-0.39, 0.29) is 5.91 Å². The number of hydrogen-bond acceptors (Lipinski definition) is 3. The Kier molecular flexibility index (Phi) is 5.88. The average molecular weight is 383 g/mol. The molecule has 3 heterocycles. The third kappa shape index (κ3) is 4.69. The largest absolute Gasteiger partial charge is 0.361 e. The highest BCUT2D eigenvalue weighted by molar-refractivity contribution is 5.79. The number of amides is 1. The minimum Gasteiger partial charge on any atom is -0.361 e. The number of carbonyl (C=O) groups excluding carboxylic acids is 1. The van der Waals surface area contributed by atoms with Gasteiger partial charge in [-0.3, -0.25) is 4.79 Å². The molecule has 2 aliphatic heterocycles. The van der Waals surface area contributed by atoms with Crippen LogP contribution in [0.2, 0.25) is 0 Å². The second-order valence-corrected chi connectivity index (χ2v) is 7.97. The topological polar surface area (TPSA) is 55.2 Å². The van der Waals surface area contributed by atoms with Gasteiger partial charge in [-0.1, -0.05) is 41.6 Å². The first-order valence-electron chi connectivity index (χ1n) is 10.3. The van der Waals surface area contributed by atoms with Crippen molar-refractivity contribution in [2.75, 3.05) is 45.8 Å². The van der Waals surface area contributed by atoms with Crippen LogP contribution in [-0.2, 0) is 11.3 Å². The Bertz CT molecular complexity index is 822. The maximum Gasteiger partial charge on any atom is 0.278 e. The first kappa shape index (κ1) is 18.9. The molecule has 0 atom stereocenters. The lowest BCUT2D eigenvalue weighted by molar-refractivity contribution is -1.02. The van der Waals surface area contributed by atoms with Gasteiger partial charge in [-0.25, -0.2) is 0 Å². The first-order valence-corrected chi connectivity index (χ1v) is 10.3. The zero-order valence-corrected chi connectivity index (χ0v) is 16.6. The van der Waals surface area contributed by atoms with E-state index in [1.165, 1.54) is 20.9 Å². The molecule has 0 bridgehead atoms. The molecule has 6 nitrogen and oxygen atoms in total. The number of nitrogens with zero attached hydrogens (tertiary/aromatic N) is 2. The maximum atomic E-state index is 12.7. The predicted octanol–water partition coefficient (Wildman–Crippen LogP) is -0.418. The first-order chi connectivity index (χ1) is 13.7. The lowest BCUT2D eigenvalue weighted by Gasteiger charge is -2.31. The van der Waals surface area contributed by atoms with Gasteiger partial charge in [0.1, 0.15) is 44.2 Å². The van der Waals surface area contributed by atoms with E-state index in [0.29, 0.717) is 6.54 Å². The van der Waals surface area contributed by atoms with Crippen LogP contribution in [0.15, 0.2) is 47.0 Å². The van der Waals surface area contributed by atoms with E-state index in [4.69, 9.17) is 4.52 Å². The Hall–Kier alpha value is -2.44. The number of hydrogen-bond donors (Lipinski definition) is 2. The van der Waals surface area contributed by atoms with Crippen molar-refractivity contribution in [3.63, 3.8) is 0 Å². The van der Waals surface area contributed by atoms with Crippen LogP contribution in [0, 0.1) is 6.92 Å². The minimum absolute atomic E-state index is 0.286. The Balaban J connectivity index is 1.22. The van der Waals surface area contributed by atoms with Crippen LogP contribution in [0.5, 0.6) is 0 Å². The molecule has 1 aromatic heterocycles. The molecule has 1 amide bonds. The molecule has 0 unspecified atom stereocenters. The summed E-state index contributed by atoms with van der Waals surface area (Å²) in [5, 5.41) is 4.10. The molecule has 2 N–H and O–H groups in total. The highest BCUT2D eigenvalue weighted by Crippen LogP contribution is 2.21. The Labute approximate surface area is 166 Å². The van der Waals surface area contributed by atoms with Crippen molar-refractivity contribution in [1.29, 1.82) is 0 Å². The van der Waals surface area contributed by atoms with Crippen molar-refractivity contribution < 1.29 is 19.1 Å². The summed E-state index contributed by atoms with van der Waals surface area (Å²) in [5.74, 6) is 1.16. The summed E-state index contributed by atoms with van der Waals surface area (Å²) in [6.07, 6.45) is 3.16. The van der Waals surface area contributed by atoms with Crippen LogP contribution in [0.1, 0.15) is 23.4 Å². The molecule has 0 saturated carbocycles. The summed E-state index contributed by atoms with van der Waals surface area (Å²) in [6.45, 7) is 9.25. The zero-order chi connectivity index (χ0) is 19.3. The summed E-state index contributed by atoms with van der Waals surface area (Å²) in [7, 11) is 0. The molecule has 0 radical (unpaired) electrons. The molecule has 6 heteroatoms. The van der Waals surface area contributed by atoms with E-state index in [1.807, 2.05) is 24.0 Å². The molecular weight excluding hydrogens is 352 g/mol. The number of carbonyl (C=O) groups is 1. The van der Waals surface area contributed by atoms with E-state index in [2.05, 4.69) is 35.5 Å². The van der Waals surface area contributed by atoms with Crippen molar-refractivity contribution >= 4 is 11.5 Å². The number of aryl methyl sites for hydroxylation is 1. The molecule has 1 aromatic carbocycles. The van der Waals surface area contributed by atoms with E-state index in [0.717, 1.165) is 63.7 Å². The van der Waals surface area contributed by atoms with Crippen LogP contribution in [0.3, 0.4) is 0 Å². The summed E-state index contributed by atoms with van der Waals surface area (Å²) >= 11 is 0. The van der Waals surface area contributed by atoms with Crippen molar-refractivity contribution in [2.45, 2.75) is 19.9 Å². The molecule has 2 aliphatic rings. The van der Waals surface area contributed by atoms with Crippen LogP contribution in [0.4, 0.5) is 0 Å². The maximum absolute atomic E-state index is 12.7. The van der Waals surface area contributed by atoms with Crippen molar-refractivity contribution in [2.24, 2.45) is 0 Å². The number of piperazine rings is 1. The fourth-order valence-electron chi connectivity index (χ4n) is 4.20. The van der Waals surface area contributed by atoms with Gasteiger partial charge in [-0.05, 0) is 24.5 Å². The standard InChI is InChI=1S/C22H28N4O2/c1-18-15-21(23-28-18)16-24-11-13-25(14-12-24)17-22(27)26-9-7-20(8-10-26)19-5-3-2-4-6-19/h2-7,15H,8-14,16-17H2,1H3/p+2. The molecule has 0 aliphatic carbocycles. The van der Waals surface area contributed by atoms with E-state index in [1.54, 1.807) is 0 Å². The van der Waals surface area contributed by atoms with Crippen molar-refractivity contribution in [1.82, 2.24) is 10.1 Å². The van der Waals surface area contributed by atoms with E-state index in [9.17, 15) is 4.79 Å². The van der Waals surface area contributed by atoms with E-state index >= 15 is 0 Å². The van der Waals surface area contributed by atoms with E-state index < -0.39 is 0 Å². The normalized spacial score (nSPS) is 22.8. The van der Waals surface area contributed by atoms with Gasteiger partial charge in [-0.15, -0.1) is 0 Å². The summed E-state index contributed by atoms with van der Waals surface area (Å²) in [5.41, 5.74) is 3.67. The van der Waals surface area contributed by atoms with Crippen LogP contribution in [0.25, 0.3) is 5.57 Å². The zero-order valence-electron chi connectivity index (χ0n) is 16.6. The molecule has 28 heavy (non-hydrogen) atoms.